The van der Waals surface area contributed by atoms with E-state index in [-0.39, 0.29) is 13.2 Å². The Morgan fingerprint density at radius 2 is 2.07 bits per heavy atom. The summed E-state index contributed by atoms with van der Waals surface area (Å²) in [6, 6.07) is 5.47. The highest BCUT2D eigenvalue weighted by Gasteiger charge is 2.02. The number of thioether (sulfide) groups is 1. The van der Waals surface area contributed by atoms with Crippen LogP contribution in [0, 0.1) is 0 Å². The molecule has 0 aliphatic carbocycles. The Kier molecular flexibility index (Phi) is 5.33. The summed E-state index contributed by atoms with van der Waals surface area (Å²) in [6.45, 7) is 0.205. The molecule has 0 amide bonds. The topological polar surface area (TPSA) is 40.5 Å². The molecule has 14 heavy (non-hydrogen) atoms. The van der Waals surface area contributed by atoms with Crippen molar-refractivity contribution in [2.75, 3.05) is 12.4 Å². The highest BCUT2D eigenvalue weighted by Crippen LogP contribution is 2.26. The van der Waals surface area contributed by atoms with Crippen LogP contribution in [0.2, 0.25) is 5.02 Å². The SMILES string of the molecule is OCCCSc1ccc(Cl)cc1CO. The fourth-order valence-corrected chi connectivity index (χ4v) is 2.22. The van der Waals surface area contributed by atoms with Crippen LogP contribution < -0.4 is 0 Å². The van der Waals surface area contributed by atoms with Crippen LogP contribution in [-0.2, 0) is 6.61 Å². The highest BCUT2D eigenvalue weighted by atomic mass is 35.5. The third kappa shape index (κ3) is 3.50. The van der Waals surface area contributed by atoms with Crippen LogP contribution in [0.25, 0.3) is 0 Å². The van der Waals surface area contributed by atoms with Gasteiger partial charge in [-0.05, 0) is 30.2 Å². The lowest BCUT2D eigenvalue weighted by atomic mass is 10.2. The maximum atomic E-state index is 9.08. The molecule has 1 aromatic rings. The standard InChI is InChI=1S/C10H13ClO2S/c11-9-2-3-10(8(6-9)7-13)14-5-1-4-12/h2-3,6,12-13H,1,4-5,7H2. The average molecular weight is 233 g/mol. The first-order valence-corrected chi connectivity index (χ1v) is 5.77. The van der Waals surface area contributed by atoms with Gasteiger partial charge >= 0.3 is 0 Å². The Morgan fingerprint density at radius 3 is 2.71 bits per heavy atom. The summed E-state index contributed by atoms with van der Waals surface area (Å²) in [4.78, 5) is 1.03. The third-order valence-electron chi connectivity index (χ3n) is 1.75. The van der Waals surface area contributed by atoms with Crippen molar-refractivity contribution < 1.29 is 10.2 Å². The van der Waals surface area contributed by atoms with E-state index in [0.717, 1.165) is 22.6 Å². The first-order chi connectivity index (χ1) is 6.77. The minimum atomic E-state index is 0.00200. The molecule has 0 radical (unpaired) electrons. The molecule has 0 atom stereocenters. The van der Waals surface area contributed by atoms with E-state index in [2.05, 4.69) is 0 Å². The van der Waals surface area contributed by atoms with Gasteiger partial charge in [-0.15, -0.1) is 11.8 Å². The van der Waals surface area contributed by atoms with Crippen molar-refractivity contribution in [3.05, 3.63) is 28.8 Å². The van der Waals surface area contributed by atoms with Crippen LogP contribution in [0.1, 0.15) is 12.0 Å². The van der Waals surface area contributed by atoms with Crippen molar-refractivity contribution >= 4 is 23.4 Å². The summed E-state index contributed by atoms with van der Waals surface area (Å²) in [6.07, 6.45) is 0.762. The predicted molar refractivity (Wildman–Crippen MR) is 59.8 cm³/mol. The second-order valence-electron chi connectivity index (χ2n) is 2.84. The Labute approximate surface area is 92.9 Å². The molecule has 1 rings (SSSR count). The predicted octanol–water partition coefficient (Wildman–Crippen LogP) is 2.31. The van der Waals surface area contributed by atoms with Crippen LogP contribution in [0.5, 0.6) is 0 Å². The lowest BCUT2D eigenvalue weighted by molar-refractivity contribution is 0.279. The largest absolute Gasteiger partial charge is 0.396 e. The van der Waals surface area contributed by atoms with Crippen molar-refractivity contribution in [1.82, 2.24) is 0 Å². The lowest BCUT2D eigenvalue weighted by Crippen LogP contribution is -1.90. The highest BCUT2D eigenvalue weighted by molar-refractivity contribution is 7.99. The second kappa shape index (κ2) is 6.30. The monoisotopic (exact) mass is 232 g/mol. The zero-order valence-electron chi connectivity index (χ0n) is 7.74. The number of rotatable bonds is 5. The lowest BCUT2D eigenvalue weighted by Gasteiger charge is -2.06. The van der Waals surface area contributed by atoms with Gasteiger partial charge in [-0.25, -0.2) is 0 Å². The Morgan fingerprint density at radius 1 is 1.29 bits per heavy atom. The normalized spacial score (nSPS) is 10.5. The van der Waals surface area contributed by atoms with E-state index in [4.69, 9.17) is 21.8 Å². The summed E-state index contributed by atoms with van der Waals surface area (Å²) in [5.41, 5.74) is 0.848. The molecule has 4 heteroatoms. The molecule has 0 aromatic heterocycles. The molecular formula is C10H13ClO2S. The van der Waals surface area contributed by atoms with Gasteiger partial charge in [0, 0.05) is 22.3 Å². The van der Waals surface area contributed by atoms with Gasteiger partial charge in [0.05, 0.1) is 6.61 Å². The summed E-state index contributed by atoms with van der Waals surface area (Å²) >= 11 is 7.42. The number of aliphatic hydroxyl groups excluding tert-OH is 2. The van der Waals surface area contributed by atoms with Gasteiger partial charge in [-0.1, -0.05) is 11.6 Å². The minimum absolute atomic E-state index is 0.00200. The quantitative estimate of drug-likeness (QED) is 0.605. The molecule has 0 saturated carbocycles. The van der Waals surface area contributed by atoms with Crippen LogP contribution in [0.3, 0.4) is 0 Å². The molecule has 78 valence electrons. The zero-order valence-corrected chi connectivity index (χ0v) is 9.31. The number of halogens is 1. The Balaban J connectivity index is 2.65. The fourth-order valence-electron chi connectivity index (χ4n) is 1.06. The van der Waals surface area contributed by atoms with Crippen molar-refractivity contribution in [1.29, 1.82) is 0 Å². The number of hydrogen-bond acceptors (Lipinski definition) is 3. The van der Waals surface area contributed by atoms with E-state index in [0.29, 0.717) is 5.02 Å². The molecule has 2 nitrogen and oxygen atoms in total. The van der Waals surface area contributed by atoms with Crippen LogP contribution in [0.15, 0.2) is 23.1 Å². The van der Waals surface area contributed by atoms with Crippen LogP contribution in [-0.4, -0.2) is 22.6 Å². The van der Waals surface area contributed by atoms with Gasteiger partial charge in [-0.2, -0.15) is 0 Å². The third-order valence-corrected chi connectivity index (χ3v) is 3.19. The average Bonchev–Trinajstić information content (AvgIpc) is 2.20. The minimum Gasteiger partial charge on any atom is -0.396 e. The van der Waals surface area contributed by atoms with Gasteiger partial charge in [0.2, 0.25) is 0 Å². The Hall–Kier alpha value is -0.220. The summed E-state index contributed by atoms with van der Waals surface area (Å²) in [7, 11) is 0. The molecule has 0 saturated heterocycles. The second-order valence-corrected chi connectivity index (χ2v) is 4.41. The molecule has 2 N–H and O–H groups in total. The molecule has 0 bridgehead atoms. The van der Waals surface area contributed by atoms with Gasteiger partial charge < -0.3 is 10.2 Å². The molecule has 0 spiro atoms. The molecule has 0 aliphatic heterocycles. The number of hydrogen-bond donors (Lipinski definition) is 2. The van der Waals surface area contributed by atoms with Gasteiger partial charge in [0.25, 0.3) is 0 Å². The van der Waals surface area contributed by atoms with Crippen LogP contribution in [0.4, 0.5) is 0 Å². The van der Waals surface area contributed by atoms with Crippen molar-refractivity contribution in [2.45, 2.75) is 17.9 Å². The maximum absolute atomic E-state index is 9.08. The summed E-state index contributed by atoms with van der Waals surface area (Å²) < 4.78 is 0. The smallest absolute Gasteiger partial charge is 0.0693 e. The van der Waals surface area contributed by atoms with E-state index in [1.54, 1.807) is 17.8 Å². The van der Waals surface area contributed by atoms with E-state index < -0.39 is 0 Å². The Bertz CT molecular complexity index is 291. The van der Waals surface area contributed by atoms with Gasteiger partial charge in [0.15, 0.2) is 0 Å². The van der Waals surface area contributed by atoms with Crippen molar-refractivity contribution in [3.63, 3.8) is 0 Å². The number of benzene rings is 1. The molecule has 0 fully saturated rings. The molecular weight excluding hydrogens is 220 g/mol. The first-order valence-electron chi connectivity index (χ1n) is 4.41. The van der Waals surface area contributed by atoms with E-state index >= 15 is 0 Å². The number of aliphatic hydroxyl groups is 2. The van der Waals surface area contributed by atoms with Crippen molar-refractivity contribution in [2.24, 2.45) is 0 Å². The molecule has 0 unspecified atom stereocenters. The van der Waals surface area contributed by atoms with Crippen LogP contribution >= 0.6 is 23.4 Å². The molecule has 0 heterocycles. The zero-order chi connectivity index (χ0) is 10.4. The first kappa shape index (κ1) is 11.9. The molecule has 1 aromatic carbocycles. The van der Waals surface area contributed by atoms with Gasteiger partial charge in [0.1, 0.15) is 0 Å². The maximum Gasteiger partial charge on any atom is 0.0693 e. The summed E-state index contributed by atoms with van der Waals surface area (Å²) in [5.74, 6) is 0.852. The summed E-state index contributed by atoms with van der Waals surface area (Å²) in [5, 5.41) is 18.3. The van der Waals surface area contributed by atoms with E-state index in [9.17, 15) is 0 Å². The van der Waals surface area contributed by atoms with Gasteiger partial charge in [-0.3, -0.25) is 0 Å². The molecule has 0 aliphatic rings. The van der Waals surface area contributed by atoms with Crippen molar-refractivity contribution in [3.8, 4) is 0 Å². The van der Waals surface area contributed by atoms with E-state index in [1.165, 1.54) is 0 Å². The fraction of sp³-hybridized carbons (Fsp3) is 0.400. The van der Waals surface area contributed by atoms with E-state index in [1.807, 2.05) is 12.1 Å².